The van der Waals surface area contributed by atoms with E-state index in [1.165, 1.54) is 24.5 Å². The van der Waals surface area contributed by atoms with Crippen LogP contribution in [0.25, 0.3) is 10.1 Å². The van der Waals surface area contributed by atoms with E-state index in [2.05, 4.69) is 5.48 Å². The van der Waals surface area contributed by atoms with Crippen LogP contribution in [0.3, 0.4) is 0 Å². The van der Waals surface area contributed by atoms with E-state index < -0.39 is 12.2 Å². The van der Waals surface area contributed by atoms with Gasteiger partial charge in [-0.2, -0.15) is 0 Å². The predicted octanol–water partition coefficient (Wildman–Crippen LogP) is 3.37. The summed E-state index contributed by atoms with van der Waals surface area (Å²) in [5.74, 6) is -0.770. The van der Waals surface area contributed by atoms with Crippen molar-refractivity contribution in [3.63, 3.8) is 0 Å². The Balaban J connectivity index is 1.81. The van der Waals surface area contributed by atoms with Crippen molar-refractivity contribution < 1.29 is 23.5 Å². The molecule has 1 amide bonds. The largest absolute Gasteiger partial charge is 0.380 e. The lowest BCUT2D eigenvalue weighted by Gasteiger charge is -2.22. The molecule has 7 heteroatoms. The molecule has 23 heavy (non-hydrogen) atoms. The molecular weight excluding hydrogens is 321 g/mol. The van der Waals surface area contributed by atoms with Gasteiger partial charge in [0.2, 0.25) is 0 Å². The Bertz CT molecular complexity index is 697. The highest BCUT2D eigenvalue weighted by Crippen LogP contribution is 2.33. The molecular formula is C16H18FNO4S. The van der Waals surface area contributed by atoms with Crippen LogP contribution in [0.5, 0.6) is 0 Å². The van der Waals surface area contributed by atoms with E-state index in [1.54, 1.807) is 12.1 Å². The Labute approximate surface area is 137 Å². The number of fused-ring (bicyclic) bond motifs is 1. The quantitative estimate of drug-likeness (QED) is 0.849. The van der Waals surface area contributed by atoms with E-state index >= 15 is 0 Å². The topological polar surface area (TPSA) is 56.8 Å². The van der Waals surface area contributed by atoms with Crippen molar-refractivity contribution >= 4 is 27.3 Å². The van der Waals surface area contributed by atoms with E-state index in [1.807, 2.05) is 0 Å². The zero-order chi connectivity index (χ0) is 16.2. The Morgan fingerprint density at radius 2 is 2.35 bits per heavy atom. The highest BCUT2D eigenvalue weighted by atomic mass is 32.1. The zero-order valence-electron chi connectivity index (χ0n) is 12.8. The second kappa shape index (κ2) is 7.35. The van der Waals surface area contributed by atoms with Gasteiger partial charge >= 0.3 is 0 Å². The number of carbonyl (C=O) groups is 1. The smallest absolute Gasteiger partial charge is 0.285 e. The van der Waals surface area contributed by atoms with Crippen LogP contribution in [0.1, 0.15) is 34.5 Å². The minimum Gasteiger partial charge on any atom is -0.380 e. The molecule has 2 aromatic rings. The standard InChI is InChI=1S/C16H18FNO4S/c1-20-9-10-14-11(17)5-4-6-12(14)23-15(10)16(19)18-22-13-7-2-3-8-21-13/h4-6,13H,2-3,7-9H2,1H3,(H,18,19)/t13-/m0/s1. The second-order valence-corrected chi connectivity index (χ2v) is 6.35. The molecule has 2 heterocycles. The zero-order valence-corrected chi connectivity index (χ0v) is 13.6. The maximum absolute atomic E-state index is 14.1. The molecule has 0 aliphatic carbocycles. The van der Waals surface area contributed by atoms with Crippen molar-refractivity contribution in [3.8, 4) is 0 Å². The summed E-state index contributed by atoms with van der Waals surface area (Å²) >= 11 is 1.22. The molecule has 5 nitrogen and oxygen atoms in total. The van der Waals surface area contributed by atoms with Gasteiger partial charge in [0.1, 0.15) is 10.7 Å². The minimum atomic E-state index is -0.426. The number of amides is 1. The molecule has 1 atom stereocenters. The number of hydrogen-bond donors (Lipinski definition) is 1. The van der Waals surface area contributed by atoms with E-state index in [0.29, 0.717) is 27.1 Å². The lowest BCUT2D eigenvalue weighted by molar-refractivity contribution is -0.186. The van der Waals surface area contributed by atoms with Crippen LogP contribution in [0, 0.1) is 5.82 Å². The Hall–Kier alpha value is -1.54. The van der Waals surface area contributed by atoms with Crippen molar-refractivity contribution in [1.82, 2.24) is 5.48 Å². The number of methoxy groups -OCH3 is 1. The third-order valence-electron chi connectivity index (χ3n) is 3.68. The van der Waals surface area contributed by atoms with Gasteiger partial charge < -0.3 is 9.47 Å². The van der Waals surface area contributed by atoms with Crippen molar-refractivity contribution in [2.24, 2.45) is 0 Å². The fourth-order valence-electron chi connectivity index (χ4n) is 2.60. The van der Waals surface area contributed by atoms with Crippen molar-refractivity contribution in [2.75, 3.05) is 13.7 Å². The molecule has 1 saturated heterocycles. The summed E-state index contributed by atoms with van der Waals surface area (Å²) in [6, 6.07) is 4.78. The van der Waals surface area contributed by atoms with Crippen molar-refractivity contribution in [3.05, 3.63) is 34.5 Å². The van der Waals surface area contributed by atoms with Gasteiger partial charge in [-0.25, -0.2) is 14.7 Å². The van der Waals surface area contributed by atoms with Gasteiger partial charge in [-0.3, -0.25) is 4.79 Å². The number of carbonyl (C=O) groups excluding carboxylic acids is 1. The Morgan fingerprint density at radius 1 is 1.48 bits per heavy atom. The van der Waals surface area contributed by atoms with E-state index in [4.69, 9.17) is 14.3 Å². The lowest BCUT2D eigenvalue weighted by atomic mass is 10.1. The third kappa shape index (κ3) is 3.53. The van der Waals surface area contributed by atoms with Crippen LogP contribution < -0.4 is 5.48 Å². The number of halogens is 1. The van der Waals surface area contributed by atoms with E-state index in [-0.39, 0.29) is 12.4 Å². The summed E-state index contributed by atoms with van der Waals surface area (Å²) in [6.45, 7) is 0.785. The van der Waals surface area contributed by atoms with Crippen LogP contribution in [0.15, 0.2) is 18.2 Å². The first-order chi connectivity index (χ1) is 11.2. The molecule has 1 aliphatic heterocycles. The van der Waals surface area contributed by atoms with Gasteiger partial charge in [0.05, 0.1) is 6.61 Å². The number of benzene rings is 1. The molecule has 1 aromatic carbocycles. The summed E-state index contributed by atoms with van der Waals surface area (Å²) < 4.78 is 25.3. The SMILES string of the molecule is COCc1c(C(=O)NO[C@H]2CCCCO2)sc2cccc(F)c12. The first-order valence-electron chi connectivity index (χ1n) is 7.47. The number of hydroxylamine groups is 1. The molecule has 0 saturated carbocycles. The van der Waals surface area contributed by atoms with Gasteiger partial charge in [-0.15, -0.1) is 11.3 Å². The normalized spacial score (nSPS) is 18.3. The van der Waals surface area contributed by atoms with Crippen LogP contribution in [0.4, 0.5) is 4.39 Å². The molecule has 0 bridgehead atoms. The van der Waals surface area contributed by atoms with Crippen LogP contribution in [-0.4, -0.2) is 25.9 Å². The van der Waals surface area contributed by atoms with Gasteiger partial charge in [0.25, 0.3) is 5.91 Å². The molecule has 1 N–H and O–H groups in total. The molecule has 1 aliphatic rings. The summed E-state index contributed by atoms with van der Waals surface area (Å²) in [5, 5.41) is 0.429. The summed E-state index contributed by atoms with van der Waals surface area (Å²) in [6.07, 6.45) is 2.32. The maximum Gasteiger partial charge on any atom is 0.285 e. The maximum atomic E-state index is 14.1. The lowest BCUT2D eigenvalue weighted by Crippen LogP contribution is -2.33. The van der Waals surface area contributed by atoms with Gasteiger partial charge in [0, 0.05) is 35.8 Å². The molecule has 1 fully saturated rings. The average Bonchev–Trinajstić information content (AvgIpc) is 2.94. The Morgan fingerprint density at radius 3 is 3.09 bits per heavy atom. The minimum absolute atomic E-state index is 0.156. The molecule has 124 valence electrons. The van der Waals surface area contributed by atoms with Crippen molar-refractivity contribution in [2.45, 2.75) is 32.2 Å². The first kappa shape index (κ1) is 16.3. The fraction of sp³-hybridized carbons (Fsp3) is 0.438. The van der Waals surface area contributed by atoms with E-state index in [9.17, 15) is 9.18 Å². The van der Waals surface area contributed by atoms with Crippen LogP contribution >= 0.6 is 11.3 Å². The third-order valence-corrected chi connectivity index (χ3v) is 4.88. The Kier molecular flexibility index (Phi) is 5.22. The predicted molar refractivity (Wildman–Crippen MR) is 84.6 cm³/mol. The van der Waals surface area contributed by atoms with Crippen LogP contribution in [-0.2, 0) is 20.9 Å². The highest BCUT2D eigenvalue weighted by Gasteiger charge is 2.22. The van der Waals surface area contributed by atoms with Crippen molar-refractivity contribution in [1.29, 1.82) is 0 Å². The highest BCUT2D eigenvalue weighted by molar-refractivity contribution is 7.21. The van der Waals surface area contributed by atoms with Gasteiger partial charge in [0.15, 0.2) is 6.29 Å². The molecule has 3 rings (SSSR count). The molecule has 0 unspecified atom stereocenters. The summed E-state index contributed by atoms with van der Waals surface area (Å²) in [5.41, 5.74) is 2.95. The van der Waals surface area contributed by atoms with Gasteiger partial charge in [-0.05, 0) is 25.0 Å². The second-order valence-electron chi connectivity index (χ2n) is 5.30. The van der Waals surface area contributed by atoms with Gasteiger partial charge in [-0.1, -0.05) is 6.07 Å². The number of ether oxygens (including phenoxy) is 2. The summed E-state index contributed by atoms with van der Waals surface area (Å²) in [4.78, 5) is 18.1. The summed E-state index contributed by atoms with van der Waals surface area (Å²) in [7, 11) is 1.51. The molecule has 0 spiro atoms. The molecule has 1 aromatic heterocycles. The fourth-order valence-corrected chi connectivity index (χ4v) is 3.71. The average molecular weight is 339 g/mol. The van der Waals surface area contributed by atoms with E-state index in [0.717, 1.165) is 19.3 Å². The number of rotatable bonds is 5. The number of nitrogens with one attached hydrogen (secondary N) is 1. The van der Waals surface area contributed by atoms with Crippen LogP contribution in [0.2, 0.25) is 0 Å². The number of hydrogen-bond acceptors (Lipinski definition) is 5. The number of thiophene rings is 1. The first-order valence-corrected chi connectivity index (χ1v) is 8.28. The monoisotopic (exact) mass is 339 g/mol. The molecule has 0 radical (unpaired) electrons.